The molecule has 1 amide bonds. The first-order chi connectivity index (χ1) is 8.99. The Labute approximate surface area is 112 Å². The van der Waals surface area contributed by atoms with Crippen LogP contribution in [-0.2, 0) is 6.54 Å². The minimum Gasteiger partial charge on any atom is -0.397 e. The molecule has 6 heteroatoms. The minimum atomic E-state index is -0.0494. The molecule has 102 valence electrons. The van der Waals surface area contributed by atoms with Crippen LogP contribution in [0.4, 0.5) is 5.69 Å². The van der Waals surface area contributed by atoms with E-state index in [-0.39, 0.29) is 11.9 Å². The van der Waals surface area contributed by atoms with Crippen molar-refractivity contribution in [3.63, 3.8) is 0 Å². The second-order valence-electron chi connectivity index (χ2n) is 4.93. The molecule has 0 fully saturated rings. The number of H-pyrrole nitrogens is 1. The summed E-state index contributed by atoms with van der Waals surface area (Å²) in [5, 5.41) is 6.60. The lowest BCUT2D eigenvalue weighted by molar-refractivity contribution is 0.0773. The monoisotopic (exact) mass is 261 g/mol. The van der Waals surface area contributed by atoms with Crippen molar-refractivity contribution in [1.29, 1.82) is 0 Å². The summed E-state index contributed by atoms with van der Waals surface area (Å²) in [4.78, 5) is 14.1. The largest absolute Gasteiger partial charge is 0.397 e. The van der Waals surface area contributed by atoms with E-state index >= 15 is 0 Å². The second kappa shape index (κ2) is 5.17. The van der Waals surface area contributed by atoms with Gasteiger partial charge in [0.1, 0.15) is 5.69 Å². The molecule has 0 aliphatic rings. The van der Waals surface area contributed by atoms with Crippen molar-refractivity contribution in [3.8, 4) is 0 Å². The van der Waals surface area contributed by atoms with Crippen molar-refractivity contribution >= 4 is 11.6 Å². The Morgan fingerprint density at radius 1 is 1.58 bits per heavy atom. The topological polar surface area (TPSA) is 79.9 Å². The number of nitrogens with one attached hydrogen (secondary N) is 1. The average Bonchev–Trinajstić information content (AvgIpc) is 2.97. The maximum Gasteiger partial charge on any atom is 0.270 e. The van der Waals surface area contributed by atoms with Crippen LogP contribution in [0.2, 0.25) is 0 Å². The molecule has 0 spiro atoms. The third-order valence-corrected chi connectivity index (χ3v) is 2.97. The van der Waals surface area contributed by atoms with E-state index in [0.717, 1.165) is 5.56 Å². The standard InChI is InChI=1S/C13H19N5O/c1-9(2)18-8-11(14)4-12(18)13(19)17(3)7-10-5-15-16-6-10/h4-6,8-9H,7,14H2,1-3H3,(H,15,16). The van der Waals surface area contributed by atoms with Crippen molar-refractivity contribution in [2.24, 2.45) is 0 Å². The van der Waals surface area contributed by atoms with Gasteiger partial charge in [0.15, 0.2) is 0 Å². The number of nitrogens with zero attached hydrogens (tertiary/aromatic N) is 3. The van der Waals surface area contributed by atoms with E-state index in [9.17, 15) is 4.79 Å². The Morgan fingerprint density at radius 2 is 2.32 bits per heavy atom. The molecule has 0 aliphatic carbocycles. The Hall–Kier alpha value is -2.24. The number of carbonyl (C=O) groups excluding carboxylic acids is 1. The minimum absolute atomic E-state index is 0.0494. The molecule has 3 N–H and O–H groups in total. The number of nitrogen functional groups attached to an aromatic ring is 1. The Morgan fingerprint density at radius 3 is 2.89 bits per heavy atom. The molecule has 2 aromatic heterocycles. The third-order valence-electron chi connectivity index (χ3n) is 2.97. The lowest BCUT2D eigenvalue weighted by Gasteiger charge is -2.19. The van der Waals surface area contributed by atoms with Gasteiger partial charge in [-0.15, -0.1) is 0 Å². The van der Waals surface area contributed by atoms with E-state index < -0.39 is 0 Å². The van der Waals surface area contributed by atoms with E-state index in [4.69, 9.17) is 5.73 Å². The highest BCUT2D eigenvalue weighted by Crippen LogP contribution is 2.18. The lowest BCUT2D eigenvalue weighted by atomic mass is 10.3. The van der Waals surface area contributed by atoms with Gasteiger partial charge in [0, 0.05) is 37.6 Å². The van der Waals surface area contributed by atoms with Gasteiger partial charge >= 0.3 is 0 Å². The molecular formula is C13H19N5O. The van der Waals surface area contributed by atoms with Crippen molar-refractivity contribution in [1.82, 2.24) is 19.7 Å². The Balaban J connectivity index is 2.19. The zero-order valence-corrected chi connectivity index (χ0v) is 11.4. The molecule has 0 radical (unpaired) electrons. The van der Waals surface area contributed by atoms with Gasteiger partial charge in [0.25, 0.3) is 5.91 Å². The van der Waals surface area contributed by atoms with E-state index in [0.29, 0.717) is 17.9 Å². The Kier molecular flexibility index (Phi) is 3.59. The SMILES string of the molecule is CC(C)n1cc(N)cc1C(=O)N(C)Cc1cn[nH]c1. The number of rotatable bonds is 4. The number of anilines is 1. The highest BCUT2D eigenvalue weighted by atomic mass is 16.2. The number of amides is 1. The van der Waals surface area contributed by atoms with Gasteiger partial charge in [0.2, 0.25) is 0 Å². The van der Waals surface area contributed by atoms with E-state index in [2.05, 4.69) is 10.2 Å². The van der Waals surface area contributed by atoms with Gasteiger partial charge in [-0.25, -0.2) is 0 Å². The van der Waals surface area contributed by atoms with Crippen LogP contribution in [0.5, 0.6) is 0 Å². The molecule has 0 aromatic carbocycles. The predicted octanol–water partition coefficient (Wildman–Crippen LogP) is 1.65. The maximum atomic E-state index is 12.4. The number of aromatic amines is 1. The van der Waals surface area contributed by atoms with Crippen LogP contribution in [0.1, 0.15) is 35.9 Å². The average molecular weight is 261 g/mol. The van der Waals surface area contributed by atoms with Crippen LogP contribution in [0.25, 0.3) is 0 Å². The van der Waals surface area contributed by atoms with Gasteiger partial charge in [-0.05, 0) is 19.9 Å². The number of hydrogen-bond donors (Lipinski definition) is 2. The Bertz CT molecular complexity index is 556. The number of nitrogens with two attached hydrogens (primary N) is 1. The molecule has 0 aliphatic heterocycles. The van der Waals surface area contributed by atoms with Crippen molar-refractivity contribution < 1.29 is 4.79 Å². The summed E-state index contributed by atoms with van der Waals surface area (Å²) in [6.07, 6.45) is 5.28. The summed E-state index contributed by atoms with van der Waals surface area (Å²) in [5.74, 6) is -0.0494. The number of carbonyl (C=O) groups is 1. The van der Waals surface area contributed by atoms with Crippen LogP contribution in [0.15, 0.2) is 24.7 Å². The first-order valence-electron chi connectivity index (χ1n) is 6.19. The fraction of sp³-hybridized carbons (Fsp3) is 0.385. The van der Waals surface area contributed by atoms with Gasteiger partial charge in [0.05, 0.1) is 11.9 Å². The summed E-state index contributed by atoms with van der Waals surface area (Å²) in [6.45, 7) is 4.55. The van der Waals surface area contributed by atoms with Crippen molar-refractivity contribution in [2.45, 2.75) is 26.4 Å². The van der Waals surface area contributed by atoms with Crippen LogP contribution in [0.3, 0.4) is 0 Å². The molecule has 2 rings (SSSR count). The second-order valence-corrected chi connectivity index (χ2v) is 4.93. The zero-order valence-electron chi connectivity index (χ0n) is 11.4. The molecule has 0 bridgehead atoms. The highest BCUT2D eigenvalue weighted by Gasteiger charge is 2.18. The molecule has 0 saturated carbocycles. The molecule has 0 unspecified atom stereocenters. The van der Waals surface area contributed by atoms with E-state index in [1.165, 1.54) is 0 Å². The fourth-order valence-corrected chi connectivity index (χ4v) is 2.00. The van der Waals surface area contributed by atoms with Crippen LogP contribution in [-0.4, -0.2) is 32.6 Å². The molecule has 2 aromatic rings. The van der Waals surface area contributed by atoms with Crippen molar-refractivity contribution in [2.75, 3.05) is 12.8 Å². The molecule has 0 atom stereocenters. The molecule has 0 saturated heterocycles. The van der Waals surface area contributed by atoms with Gasteiger partial charge in [-0.3, -0.25) is 9.89 Å². The fourth-order valence-electron chi connectivity index (χ4n) is 2.00. The number of hydrogen-bond acceptors (Lipinski definition) is 3. The summed E-state index contributed by atoms with van der Waals surface area (Å²) < 4.78 is 1.89. The molecule has 6 nitrogen and oxygen atoms in total. The third kappa shape index (κ3) is 2.78. The quantitative estimate of drug-likeness (QED) is 0.878. The first-order valence-corrected chi connectivity index (χ1v) is 6.19. The molecule has 19 heavy (non-hydrogen) atoms. The lowest BCUT2D eigenvalue weighted by Crippen LogP contribution is -2.28. The summed E-state index contributed by atoms with van der Waals surface area (Å²) >= 11 is 0. The van der Waals surface area contributed by atoms with Crippen LogP contribution in [0, 0.1) is 0 Å². The summed E-state index contributed by atoms with van der Waals surface area (Å²) in [6, 6.07) is 1.91. The van der Waals surface area contributed by atoms with Gasteiger partial charge in [-0.2, -0.15) is 5.10 Å². The van der Waals surface area contributed by atoms with Gasteiger partial charge in [-0.1, -0.05) is 0 Å². The predicted molar refractivity (Wildman–Crippen MR) is 73.6 cm³/mol. The summed E-state index contributed by atoms with van der Waals surface area (Å²) in [7, 11) is 1.77. The smallest absolute Gasteiger partial charge is 0.270 e. The van der Waals surface area contributed by atoms with E-state index in [1.54, 1.807) is 36.6 Å². The van der Waals surface area contributed by atoms with Gasteiger partial charge < -0.3 is 15.2 Å². The van der Waals surface area contributed by atoms with Crippen LogP contribution < -0.4 is 5.73 Å². The zero-order chi connectivity index (χ0) is 14.0. The molecular weight excluding hydrogens is 242 g/mol. The normalized spacial score (nSPS) is 10.9. The molecule has 2 heterocycles. The number of aromatic nitrogens is 3. The first kappa shape index (κ1) is 13.2. The maximum absolute atomic E-state index is 12.4. The van der Waals surface area contributed by atoms with E-state index in [1.807, 2.05) is 18.4 Å². The highest BCUT2D eigenvalue weighted by molar-refractivity contribution is 5.93. The van der Waals surface area contributed by atoms with Crippen molar-refractivity contribution in [3.05, 3.63) is 35.9 Å². The summed E-state index contributed by atoms with van der Waals surface area (Å²) in [5.41, 5.74) is 7.96. The van der Waals surface area contributed by atoms with Crippen LogP contribution >= 0.6 is 0 Å².